The molecule has 112 valence electrons. The van der Waals surface area contributed by atoms with Gasteiger partial charge in [0.15, 0.2) is 17.5 Å². The predicted octanol–water partition coefficient (Wildman–Crippen LogP) is 0.644. The molecule has 1 amide bonds. The summed E-state index contributed by atoms with van der Waals surface area (Å²) in [6.45, 7) is 0.0826. The van der Waals surface area contributed by atoms with Gasteiger partial charge in [-0.2, -0.15) is 0 Å². The van der Waals surface area contributed by atoms with Gasteiger partial charge >= 0.3 is 5.97 Å². The minimum Gasteiger partial charge on any atom is -0.480 e. The Hall–Kier alpha value is -2.54. The first-order chi connectivity index (χ1) is 10.1. The van der Waals surface area contributed by atoms with Crippen LogP contribution in [0.1, 0.15) is 5.56 Å². The maximum absolute atomic E-state index is 11.7. The zero-order valence-electron chi connectivity index (χ0n) is 11.4. The monoisotopic (exact) mass is 293 g/mol. The van der Waals surface area contributed by atoms with Crippen molar-refractivity contribution in [2.75, 3.05) is 20.5 Å². The van der Waals surface area contributed by atoms with E-state index < -0.39 is 17.9 Å². The van der Waals surface area contributed by atoms with Crippen molar-refractivity contribution in [1.29, 1.82) is 0 Å². The van der Waals surface area contributed by atoms with Gasteiger partial charge in [0.25, 0.3) is 0 Å². The Kier molecular flexibility index (Phi) is 4.78. The van der Waals surface area contributed by atoms with Gasteiger partial charge in [-0.1, -0.05) is 6.07 Å². The second-order valence-corrected chi connectivity index (χ2v) is 4.30. The standard InChI is InChI=1S/C14H15NO6/c1-19-7-10(14(17)18)15-13(16)5-3-9-2-4-11-12(6-9)21-8-20-11/h2-6,10H,7-8H2,1H3,(H,15,16)(H,17,18)/b5-3+. The molecule has 0 aromatic heterocycles. The van der Waals surface area contributed by atoms with Crippen LogP contribution in [-0.4, -0.2) is 43.5 Å². The molecule has 0 radical (unpaired) electrons. The van der Waals surface area contributed by atoms with Gasteiger partial charge in [0.1, 0.15) is 0 Å². The van der Waals surface area contributed by atoms with Crippen LogP contribution in [0.15, 0.2) is 24.3 Å². The number of amides is 1. The highest BCUT2D eigenvalue weighted by atomic mass is 16.7. The average molecular weight is 293 g/mol. The molecule has 1 atom stereocenters. The van der Waals surface area contributed by atoms with Crippen molar-refractivity contribution in [1.82, 2.24) is 5.32 Å². The van der Waals surface area contributed by atoms with Gasteiger partial charge in [-0.05, 0) is 23.8 Å². The third kappa shape index (κ3) is 3.96. The maximum Gasteiger partial charge on any atom is 0.328 e. The van der Waals surface area contributed by atoms with E-state index in [2.05, 4.69) is 5.32 Å². The van der Waals surface area contributed by atoms with Gasteiger partial charge in [-0.3, -0.25) is 4.79 Å². The molecule has 1 unspecified atom stereocenters. The number of carbonyl (C=O) groups is 2. The molecule has 0 spiro atoms. The lowest BCUT2D eigenvalue weighted by Crippen LogP contribution is -2.43. The molecule has 1 aliphatic rings. The van der Waals surface area contributed by atoms with Crippen LogP contribution >= 0.6 is 0 Å². The first-order valence-electron chi connectivity index (χ1n) is 6.20. The average Bonchev–Trinajstić information content (AvgIpc) is 2.92. The molecule has 0 bridgehead atoms. The lowest BCUT2D eigenvalue weighted by Gasteiger charge is -2.11. The zero-order valence-corrected chi connectivity index (χ0v) is 11.4. The Morgan fingerprint density at radius 3 is 2.90 bits per heavy atom. The van der Waals surface area contributed by atoms with Crippen molar-refractivity contribution < 1.29 is 28.9 Å². The van der Waals surface area contributed by atoms with Crippen LogP contribution in [0.25, 0.3) is 6.08 Å². The molecule has 0 aliphatic carbocycles. The number of hydrogen-bond acceptors (Lipinski definition) is 5. The number of hydrogen-bond donors (Lipinski definition) is 2. The molecule has 0 fully saturated rings. The SMILES string of the molecule is COCC(NC(=O)/C=C/c1ccc2c(c1)OCO2)C(=O)O. The summed E-state index contributed by atoms with van der Waals surface area (Å²) in [5, 5.41) is 11.2. The van der Waals surface area contributed by atoms with E-state index >= 15 is 0 Å². The summed E-state index contributed by atoms with van der Waals surface area (Å²) in [4.78, 5) is 22.5. The van der Waals surface area contributed by atoms with E-state index in [1.165, 1.54) is 13.2 Å². The third-order valence-electron chi connectivity index (χ3n) is 2.77. The molecule has 7 nitrogen and oxygen atoms in total. The number of carboxylic acids is 1. The summed E-state index contributed by atoms with van der Waals surface area (Å²) in [6, 6.07) is 4.16. The van der Waals surface area contributed by atoms with Crippen molar-refractivity contribution in [3.8, 4) is 11.5 Å². The van der Waals surface area contributed by atoms with Crippen LogP contribution in [0.2, 0.25) is 0 Å². The van der Waals surface area contributed by atoms with Crippen LogP contribution < -0.4 is 14.8 Å². The minimum atomic E-state index is -1.15. The van der Waals surface area contributed by atoms with E-state index in [4.69, 9.17) is 19.3 Å². The van der Waals surface area contributed by atoms with Crippen LogP contribution in [0, 0.1) is 0 Å². The fourth-order valence-electron chi connectivity index (χ4n) is 1.75. The molecule has 1 aromatic rings. The topological polar surface area (TPSA) is 94.1 Å². The lowest BCUT2D eigenvalue weighted by molar-refractivity contribution is -0.142. The number of ether oxygens (including phenoxy) is 3. The Morgan fingerprint density at radius 2 is 2.19 bits per heavy atom. The highest BCUT2D eigenvalue weighted by Gasteiger charge is 2.18. The van der Waals surface area contributed by atoms with Crippen molar-refractivity contribution in [2.45, 2.75) is 6.04 Å². The summed E-state index contributed by atoms with van der Waals surface area (Å²) >= 11 is 0. The number of nitrogens with one attached hydrogen (secondary N) is 1. The van der Waals surface area contributed by atoms with Gasteiger partial charge in [0, 0.05) is 13.2 Å². The first kappa shape index (κ1) is 14.9. The van der Waals surface area contributed by atoms with Crippen LogP contribution in [-0.2, 0) is 14.3 Å². The number of aliphatic carboxylic acids is 1. The smallest absolute Gasteiger partial charge is 0.328 e. The number of benzene rings is 1. The van der Waals surface area contributed by atoms with E-state index in [0.717, 1.165) is 5.56 Å². The van der Waals surface area contributed by atoms with E-state index in [9.17, 15) is 9.59 Å². The van der Waals surface area contributed by atoms with Crippen molar-refractivity contribution in [3.05, 3.63) is 29.8 Å². The summed E-state index contributed by atoms with van der Waals surface area (Å²) < 4.78 is 15.1. The fraction of sp³-hybridized carbons (Fsp3) is 0.286. The number of methoxy groups -OCH3 is 1. The molecular formula is C14H15NO6. The van der Waals surface area contributed by atoms with Gasteiger partial charge in [0.05, 0.1) is 6.61 Å². The number of carboxylic acid groups (broad SMARTS) is 1. The Balaban J connectivity index is 1.97. The van der Waals surface area contributed by atoms with Crippen LogP contribution in [0.4, 0.5) is 0 Å². The second-order valence-electron chi connectivity index (χ2n) is 4.30. The van der Waals surface area contributed by atoms with E-state index in [0.29, 0.717) is 11.5 Å². The third-order valence-corrected chi connectivity index (χ3v) is 2.77. The van der Waals surface area contributed by atoms with Crippen LogP contribution in [0.5, 0.6) is 11.5 Å². The number of fused-ring (bicyclic) bond motifs is 1. The van der Waals surface area contributed by atoms with Gasteiger partial charge in [-0.15, -0.1) is 0 Å². The Morgan fingerprint density at radius 1 is 1.43 bits per heavy atom. The van der Waals surface area contributed by atoms with E-state index in [1.54, 1.807) is 24.3 Å². The predicted molar refractivity (Wildman–Crippen MR) is 73.0 cm³/mol. The van der Waals surface area contributed by atoms with Gasteiger partial charge in [-0.25, -0.2) is 4.79 Å². The van der Waals surface area contributed by atoms with Gasteiger partial charge in [0.2, 0.25) is 12.7 Å². The maximum atomic E-state index is 11.7. The molecule has 2 N–H and O–H groups in total. The summed E-state index contributed by atoms with van der Waals surface area (Å²) in [6.07, 6.45) is 2.81. The second kappa shape index (κ2) is 6.76. The summed E-state index contributed by atoms with van der Waals surface area (Å²) in [5.41, 5.74) is 0.744. The van der Waals surface area contributed by atoms with Crippen LogP contribution in [0.3, 0.4) is 0 Å². The van der Waals surface area contributed by atoms with Crippen molar-refractivity contribution in [2.24, 2.45) is 0 Å². The summed E-state index contributed by atoms with van der Waals surface area (Å²) in [7, 11) is 1.37. The largest absolute Gasteiger partial charge is 0.480 e. The highest BCUT2D eigenvalue weighted by molar-refractivity contribution is 5.94. The molecule has 0 saturated heterocycles. The van der Waals surface area contributed by atoms with E-state index in [-0.39, 0.29) is 13.4 Å². The van der Waals surface area contributed by atoms with E-state index in [1.807, 2.05) is 0 Å². The molecular weight excluding hydrogens is 278 g/mol. The van der Waals surface area contributed by atoms with Gasteiger partial charge < -0.3 is 24.6 Å². The molecule has 2 rings (SSSR count). The highest BCUT2D eigenvalue weighted by Crippen LogP contribution is 2.32. The normalized spacial score (nSPS) is 14.1. The first-order valence-corrected chi connectivity index (χ1v) is 6.20. The summed E-state index contributed by atoms with van der Waals surface area (Å²) in [5.74, 6) is -0.401. The number of rotatable bonds is 6. The Bertz CT molecular complexity index is 569. The number of carbonyl (C=O) groups excluding carboxylic acids is 1. The zero-order chi connectivity index (χ0) is 15.2. The minimum absolute atomic E-state index is 0.0983. The molecule has 1 heterocycles. The molecule has 21 heavy (non-hydrogen) atoms. The molecule has 7 heteroatoms. The fourth-order valence-corrected chi connectivity index (χ4v) is 1.75. The quantitative estimate of drug-likeness (QED) is 0.748. The molecule has 1 aliphatic heterocycles. The Labute approximate surface area is 121 Å². The molecule has 1 aromatic carbocycles. The molecule has 0 saturated carbocycles. The lowest BCUT2D eigenvalue weighted by atomic mass is 10.2. The van der Waals surface area contributed by atoms with Crippen molar-refractivity contribution >= 4 is 18.0 Å². The van der Waals surface area contributed by atoms with Crippen molar-refractivity contribution in [3.63, 3.8) is 0 Å².